The van der Waals surface area contributed by atoms with Crippen molar-refractivity contribution in [3.8, 4) is 0 Å². The van der Waals surface area contributed by atoms with Gasteiger partial charge in [-0.15, -0.1) is 0 Å². The van der Waals surface area contributed by atoms with Crippen molar-refractivity contribution in [2.24, 2.45) is 5.73 Å². The number of sulfone groups is 1. The van der Waals surface area contributed by atoms with E-state index in [2.05, 4.69) is 27.7 Å². The van der Waals surface area contributed by atoms with Crippen LogP contribution in [0.1, 0.15) is 64.1 Å². The number of rotatable bonds is 7. The second-order valence-electron chi connectivity index (χ2n) is 6.80. The van der Waals surface area contributed by atoms with Gasteiger partial charge < -0.3 is 5.73 Å². The van der Waals surface area contributed by atoms with E-state index in [1.54, 1.807) is 0 Å². The lowest BCUT2D eigenvalue weighted by molar-refractivity contribution is 0.582. The lowest BCUT2D eigenvalue weighted by atomic mass is 9.86. The molecule has 2 N–H and O–H groups in total. The van der Waals surface area contributed by atoms with Gasteiger partial charge >= 0.3 is 0 Å². The smallest absolute Gasteiger partial charge is 0.152 e. The summed E-state index contributed by atoms with van der Waals surface area (Å²) in [7, 11) is -3.06. The third kappa shape index (κ3) is 6.18. The summed E-state index contributed by atoms with van der Waals surface area (Å²) in [4.78, 5) is 0. The van der Waals surface area contributed by atoms with Crippen LogP contribution in [0.2, 0.25) is 0 Å². The molecule has 0 saturated heterocycles. The molecule has 0 saturated carbocycles. The molecule has 1 aromatic carbocycles. The van der Waals surface area contributed by atoms with E-state index >= 15 is 0 Å². The Kier molecular flexibility index (Phi) is 6.41. The topological polar surface area (TPSA) is 60.2 Å². The molecule has 0 spiro atoms. The Hall–Kier alpha value is -0.870. The molecule has 1 aromatic rings. The van der Waals surface area contributed by atoms with Gasteiger partial charge in [-0.3, -0.25) is 0 Å². The zero-order valence-corrected chi connectivity index (χ0v) is 14.5. The minimum atomic E-state index is -3.06. The summed E-state index contributed by atoms with van der Waals surface area (Å²) in [5.74, 6) is 0.278. The zero-order valence-electron chi connectivity index (χ0n) is 13.7. The summed E-state index contributed by atoms with van der Waals surface area (Å²) in [6.45, 7) is 8.52. The SMILES string of the molecule is CCCCCS(=O)(=O)CC(N)c1ccc(C(C)(C)C)cc1. The van der Waals surface area contributed by atoms with E-state index in [4.69, 9.17) is 5.73 Å². The predicted molar refractivity (Wildman–Crippen MR) is 90.2 cm³/mol. The molecule has 21 heavy (non-hydrogen) atoms. The Morgan fingerprint density at radius 2 is 1.67 bits per heavy atom. The van der Waals surface area contributed by atoms with Crippen LogP contribution in [-0.4, -0.2) is 19.9 Å². The van der Waals surface area contributed by atoms with Gasteiger partial charge in [-0.25, -0.2) is 8.42 Å². The second kappa shape index (κ2) is 7.41. The first-order valence-corrected chi connectivity index (χ1v) is 9.54. The summed E-state index contributed by atoms with van der Waals surface area (Å²) in [5.41, 5.74) is 8.27. The molecule has 4 heteroatoms. The molecule has 0 radical (unpaired) electrons. The van der Waals surface area contributed by atoms with E-state index in [1.807, 2.05) is 24.3 Å². The van der Waals surface area contributed by atoms with Crippen molar-refractivity contribution in [2.75, 3.05) is 11.5 Å². The highest BCUT2D eigenvalue weighted by Crippen LogP contribution is 2.24. The molecule has 0 heterocycles. The Bertz CT molecular complexity index is 527. The van der Waals surface area contributed by atoms with Crippen molar-refractivity contribution in [1.82, 2.24) is 0 Å². The minimum Gasteiger partial charge on any atom is -0.323 e. The van der Waals surface area contributed by atoms with Crippen LogP contribution in [0, 0.1) is 0 Å². The lowest BCUT2D eigenvalue weighted by Gasteiger charge is -2.20. The van der Waals surface area contributed by atoms with E-state index in [0.29, 0.717) is 0 Å². The number of benzene rings is 1. The van der Waals surface area contributed by atoms with E-state index in [1.165, 1.54) is 5.56 Å². The standard InChI is InChI=1S/C17H29NO2S/c1-5-6-7-12-21(19,20)13-16(18)14-8-10-15(11-9-14)17(2,3)4/h8-11,16H,5-7,12-13,18H2,1-4H3. The maximum absolute atomic E-state index is 12.0. The Balaban J connectivity index is 2.69. The van der Waals surface area contributed by atoms with Crippen molar-refractivity contribution in [1.29, 1.82) is 0 Å². The summed E-state index contributed by atoms with van der Waals surface area (Å²) >= 11 is 0. The van der Waals surface area contributed by atoms with Crippen LogP contribution in [0.3, 0.4) is 0 Å². The first-order chi connectivity index (χ1) is 9.65. The van der Waals surface area contributed by atoms with Gasteiger partial charge in [-0.05, 0) is 23.0 Å². The quantitative estimate of drug-likeness (QED) is 0.783. The molecule has 0 amide bonds. The number of nitrogens with two attached hydrogens (primary N) is 1. The van der Waals surface area contributed by atoms with Crippen LogP contribution >= 0.6 is 0 Å². The highest BCUT2D eigenvalue weighted by Gasteiger charge is 2.18. The second-order valence-corrected chi connectivity index (χ2v) is 9.03. The van der Waals surface area contributed by atoms with Crippen LogP contribution in [0.25, 0.3) is 0 Å². The molecule has 120 valence electrons. The van der Waals surface area contributed by atoms with Gasteiger partial charge in [-0.2, -0.15) is 0 Å². The number of hydrogen-bond acceptors (Lipinski definition) is 3. The first kappa shape index (κ1) is 18.2. The maximum atomic E-state index is 12.0. The summed E-state index contributed by atoms with van der Waals surface area (Å²) in [6, 6.07) is 7.54. The average molecular weight is 311 g/mol. The predicted octanol–water partition coefficient (Wildman–Crippen LogP) is 3.59. The summed E-state index contributed by atoms with van der Waals surface area (Å²) in [5, 5.41) is 0. The van der Waals surface area contributed by atoms with E-state index in [0.717, 1.165) is 24.8 Å². The van der Waals surface area contributed by atoms with Crippen molar-refractivity contribution in [3.63, 3.8) is 0 Å². The Morgan fingerprint density at radius 3 is 2.14 bits per heavy atom. The number of hydrogen-bond donors (Lipinski definition) is 1. The molecular weight excluding hydrogens is 282 g/mol. The van der Waals surface area contributed by atoms with Crippen LogP contribution < -0.4 is 5.73 Å². The van der Waals surface area contributed by atoms with Crippen molar-refractivity contribution in [2.45, 2.75) is 58.4 Å². The fourth-order valence-corrected chi connectivity index (χ4v) is 3.81. The van der Waals surface area contributed by atoms with Gasteiger partial charge in [0.1, 0.15) is 0 Å². The molecule has 0 aliphatic heterocycles. The average Bonchev–Trinajstić information content (AvgIpc) is 2.37. The van der Waals surface area contributed by atoms with E-state index < -0.39 is 15.9 Å². The first-order valence-electron chi connectivity index (χ1n) is 7.72. The largest absolute Gasteiger partial charge is 0.323 e. The van der Waals surface area contributed by atoms with Gasteiger partial charge in [0.05, 0.1) is 11.5 Å². The Labute approximate surface area is 129 Å². The molecular formula is C17H29NO2S. The van der Waals surface area contributed by atoms with Crippen LogP contribution in [0.5, 0.6) is 0 Å². The fourth-order valence-electron chi connectivity index (χ4n) is 2.26. The van der Waals surface area contributed by atoms with Crippen LogP contribution in [-0.2, 0) is 15.3 Å². The molecule has 0 aliphatic carbocycles. The highest BCUT2D eigenvalue weighted by atomic mass is 32.2. The molecule has 1 rings (SSSR count). The maximum Gasteiger partial charge on any atom is 0.152 e. The van der Waals surface area contributed by atoms with Gasteiger partial charge in [0.15, 0.2) is 9.84 Å². The normalized spacial score (nSPS) is 14.1. The Morgan fingerprint density at radius 1 is 1.10 bits per heavy atom. The van der Waals surface area contributed by atoms with Crippen molar-refractivity contribution in [3.05, 3.63) is 35.4 Å². The molecule has 3 nitrogen and oxygen atoms in total. The van der Waals surface area contributed by atoms with Crippen molar-refractivity contribution >= 4 is 9.84 Å². The monoisotopic (exact) mass is 311 g/mol. The summed E-state index contributed by atoms with van der Waals surface area (Å²) < 4.78 is 24.1. The fraction of sp³-hybridized carbons (Fsp3) is 0.647. The van der Waals surface area contributed by atoms with Crippen LogP contribution in [0.4, 0.5) is 0 Å². The van der Waals surface area contributed by atoms with Gasteiger partial charge in [-0.1, -0.05) is 64.8 Å². The van der Waals surface area contributed by atoms with Crippen molar-refractivity contribution < 1.29 is 8.42 Å². The third-order valence-electron chi connectivity index (χ3n) is 3.70. The molecule has 0 bridgehead atoms. The molecule has 0 aliphatic rings. The van der Waals surface area contributed by atoms with Gasteiger partial charge in [0, 0.05) is 6.04 Å². The van der Waals surface area contributed by atoms with Gasteiger partial charge in [0.2, 0.25) is 0 Å². The van der Waals surface area contributed by atoms with Gasteiger partial charge in [0.25, 0.3) is 0 Å². The molecule has 1 atom stereocenters. The third-order valence-corrected chi connectivity index (χ3v) is 5.47. The molecule has 0 fully saturated rings. The number of unbranched alkanes of at least 4 members (excludes halogenated alkanes) is 2. The molecule has 1 unspecified atom stereocenters. The van der Waals surface area contributed by atoms with Crippen LogP contribution in [0.15, 0.2) is 24.3 Å². The highest BCUT2D eigenvalue weighted by molar-refractivity contribution is 7.91. The minimum absolute atomic E-state index is 0.0333. The zero-order chi connectivity index (χ0) is 16.1. The summed E-state index contributed by atoms with van der Waals surface area (Å²) in [6.07, 6.45) is 2.71. The lowest BCUT2D eigenvalue weighted by Crippen LogP contribution is -2.24. The van der Waals surface area contributed by atoms with E-state index in [-0.39, 0.29) is 16.9 Å². The molecule has 0 aromatic heterocycles. The van der Waals surface area contributed by atoms with E-state index in [9.17, 15) is 8.42 Å².